The van der Waals surface area contributed by atoms with Crippen LogP contribution in [0.5, 0.6) is 0 Å². The first kappa shape index (κ1) is 12.8. The van der Waals surface area contributed by atoms with Gasteiger partial charge in [0.15, 0.2) is 11.5 Å². The Hall–Kier alpha value is -2.18. The number of carbonyl (C=O) groups excluding carboxylic acids is 1. The monoisotopic (exact) mass is 275 g/mol. The summed E-state index contributed by atoms with van der Waals surface area (Å²) in [7, 11) is 0. The molecule has 0 radical (unpaired) electrons. The molecule has 3 rings (SSSR count). The van der Waals surface area contributed by atoms with Crippen LogP contribution >= 0.6 is 0 Å². The van der Waals surface area contributed by atoms with Crippen molar-refractivity contribution in [2.75, 3.05) is 24.6 Å². The van der Waals surface area contributed by atoms with E-state index in [1.54, 1.807) is 6.33 Å². The minimum atomic E-state index is -0.118. The van der Waals surface area contributed by atoms with Crippen molar-refractivity contribution in [1.29, 1.82) is 0 Å². The lowest BCUT2D eigenvalue weighted by Gasteiger charge is -2.32. The third kappa shape index (κ3) is 2.31. The zero-order valence-electron chi connectivity index (χ0n) is 11.4. The predicted molar refractivity (Wildman–Crippen MR) is 73.3 cm³/mol. The number of piperidine rings is 1. The van der Waals surface area contributed by atoms with E-state index in [4.69, 9.17) is 4.74 Å². The first-order chi connectivity index (χ1) is 9.79. The van der Waals surface area contributed by atoms with Gasteiger partial charge in [0.05, 0.1) is 18.9 Å². The Balaban J connectivity index is 1.83. The molecule has 7 heteroatoms. The Kier molecular flexibility index (Phi) is 3.49. The van der Waals surface area contributed by atoms with E-state index in [0.29, 0.717) is 18.8 Å². The number of rotatable bonds is 3. The molecule has 1 aliphatic rings. The SMILES string of the molecule is CCOC(=O)[C@H]1CCCN(c2ncnc3nc[nH]c23)C1. The molecule has 1 fully saturated rings. The Bertz CT molecular complexity index is 612. The molecule has 2 aromatic heterocycles. The summed E-state index contributed by atoms with van der Waals surface area (Å²) in [6.45, 7) is 3.76. The number of anilines is 1. The van der Waals surface area contributed by atoms with Crippen molar-refractivity contribution in [3.63, 3.8) is 0 Å². The highest BCUT2D eigenvalue weighted by Crippen LogP contribution is 2.26. The lowest BCUT2D eigenvalue weighted by Crippen LogP contribution is -2.40. The maximum atomic E-state index is 11.9. The van der Waals surface area contributed by atoms with Crippen LogP contribution in [-0.2, 0) is 9.53 Å². The van der Waals surface area contributed by atoms with Crippen molar-refractivity contribution in [1.82, 2.24) is 19.9 Å². The van der Waals surface area contributed by atoms with Crippen LogP contribution in [0.1, 0.15) is 19.8 Å². The van der Waals surface area contributed by atoms with Crippen LogP contribution in [0.15, 0.2) is 12.7 Å². The standard InChI is InChI=1S/C13H17N5O2/c1-2-20-13(19)9-4-3-5-18(6-9)12-10-11(15-7-14-10)16-8-17-12/h7-9H,2-6H2,1H3,(H,14,15,16,17)/t9-/m0/s1. The molecule has 0 aromatic carbocycles. The molecule has 20 heavy (non-hydrogen) atoms. The van der Waals surface area contributed by atoms with E-state index in [1.165, 1.54) is 6.33 Å². The van der Waals surface area contributed by atoms with Crippen LogP contribution in [0.2, 0.25) is 0 Å². The lowest BCUT2D eigenvalue weighted by molar-refractivity contribution is -0.148. The number of nitrogens with zero attached hydrogens (tertiary/aromatic N) is 4. The van der Waals surface area contributed by atoms with Gasteiger partial charge in [-0.05, 0) is 19.8 Å². The molecule has 1 aliphatic heterocycles. The summed E-state index contributed by atoms with van der Waals surface area (Å²) in [4.78, 5) is 29.6. The molecular formula is C13H17N5O2. The van der Waals surface area contributed by atoms with E-state index in [1.807, 2.05) is 6.92 Å². The smallest absolute Gasteiger partial charge is 0.310 e. The number of hydrogen-bond acceptors (Lipinski definition) is 6. The number of aromatic amines is 1. The minimum absolute atomic E-state index is 0.0864. The van der Waals surface area contributed by atoms with E-state index in [0.717, 1.165) is 30.7 Å². The Morgan fingerprint density at radius 3 is 3.25 bits per heavy atom. The average Bonchev–Trinajstić information content (AvgIpc) is 2.96. The van der Waals surface area contributed by atoms with Crippen molar-refractivity contribution in [3.8, 4) is 0 Å². The van der Waals surface area contributed by atoms with Crippen LogP contribution in [0.25, 0.3) is 11.2 Å². The second-order valence-corrected chi connectivity index (χ2v) is 4.84. The molecule has 2 aromatic rings. The van der Waals surface area contributed by atoms with Gasteiger partial charge in [0, 0.05) is 13.1 Å². The first-order valence-electron chi connectivity index (χ1n) is 6.85. The number of fused-ring (bicyclic) bond motifs is 1. The van der Waals surface area contributed by atoms with Gasteiger partial charge >= 0.3 is 5.97 Å². The van der Waals surface area contributed by atoms with Gasteiger partial charge in [0.25, 0.3) is 0 Å². The van der Waals surface area contributed by atoms with E-state index in [9.17, 15) is 4.79 Å². The lowest BCUT2D eigenvalue weighted by atomic mass is 9.98. The van der Waals surface area contributed by atoms with Gasteiger partial charge in [-0.25, -0.2) is 15.0 Å². The van der Waals surface area contributed by atoms with Crippen LogP contribution in [0, 0.1) is 5.92 Å². The van der Waals surface area contributed by atoms with Gasteiger partial charge < -0.3 is 14.6 Å². The number of carbonyl (C=O) groups is 1. The van der Waals surface area contributed by atoms with Gasteiger partial charge in [0.2, 0.25) is 0 Å². The Labute approximate surface area is 116 Å². The number of aromatic nitrogens is 4. The largest absolute Gasteiger partial charge is 0.466 e. The van der Waals surface area contributed by atoms with Crippen molar-refractivity contribution in [3.05, 3.63) is 12.7 Å². The number of nitrogens with one attached hydrogen (secondary N) is 1. The van der Waals surface area contributed by atoms with E-state index in [-0.39, 0.29) is 11.9 Å². The zero-order valence-corrected chi connectivity index (χ0v) is 11.4. The Morgan fingerprint density at radius 1 is 1.50 bits per heavy atom. The molecular weight excluding hydrogens is 258 g/mol. The first-order valence-corrected chi connectivity index (χ1v) is 6.85. The molecule has 3 heterocycles. The molecule has 0 amide bonds. The third-order valence-electron chi connectivity index (χ3n) is 3.54. The molecule has 0 aliphatic carbocycles. The number of hydrogen-bond donors (Lipinski definition) is 1. The summed E-state index contributed by atoms with van der Waals surface area (Å²) >= 11 is 0. The van der Waals surface area contributed by atoms with Crippen molar-refractivity contribution in [2.24, 2.45) is 5.92 Å². The highest BCUT2D eigenvalue weighted by molar-refractivity contribution is 5.83. The highest BCUT2D eigenvalue weighted by atomic mass is 16.5. The normalized spacial score (nSPS) is 19.2. The number of ether oxygens (including phenoxy) is 1. The van der Waals surface area contributed by atoms with Gasteiger partial charge in [-0.15, -0.1) is 0 Å². The van der Waals surface area contributed by atoms with Crippen LogP contribution in [0.4, 0.5) is 5.82 Å². The molecule has 106 valence electrons. The third-order valence-corrected chi connectivity index (χ3v) is 3.54. The Morgan fingerprint density at radius 2 is 2.40 bits per heavy atom. The fourth-order valence-corrected chi connectivity index (χ4v) is 2.61. The van der Waals surface area contributed by atoms with Gasteiger partial charge in [-0.3, -0.25) is 4.79 Å². The highest BCUT2D eigenvalue weighted by Gasteiger charge is 2.28. The molecule has 0 saturated carbocycles. The summed E-state index contributed by atoms with van der Waals surface area (Å²) in [5.74, 6) is 0.602. The van der Waals surface area contributed by atoms with E-state index in [2.05, 4.69) is 24.8 Å². The van der Waals surface area contributed by atoms with Crippen LogP contribution in [-0.4, -0.2) is 45.6 Å². The molecule has 0 unspecified atom stereocenters. The van der Waals surface area contributed by atoms with E-state index >= 15 is 0 Å². The predicted octanol–water partition coefficient (Wildman–Crippen LogP) is 1.13. The molecule has 1 saturated heterocycles. The zero-order chi connectivity index (χ0) is 13.9. The molecule has 1 N–H and O–H groups in total. The summed E-state index contributed by atoms with van der Waals surface area (Å²) in [6.07, 6.45) is 4.93. The minimum Gasteiger partial charge on any atom is -0.466 e. The second-order valence-electron chi connectivity index (χ2n) is 4.84. The quantitative estimate of drug-likeness (QED) is 0.845. The molecule has 0 spiro atoms. The van der Waals surface area contributed by atoms with Crippen molar-refractivity contribution >= 4 is 23.0 Å². The number of imidazole rings is 1. The fraction of sp³-hybridized carbons (Fsp3) is 0.538. The summed E-state index contributed by atoms with van der Waals surface area (Å²) in [5, 5.41) is 0. The topological polar surface area (TPSA) is 84.0 Å². The summed E-state index contributed by atoms with van der Waals surface area (Å²) < 4.78 is 5.12. The fourth-order valence-electron chi connectivity index (χ4n) is 2.61. The van der Waals surface area contributed by atoms with Crippen LogP contribution in [0.3, 0.4) is 0 Å². The van der Waals surface area contributed by atoms with Gasteiger partial charge in [0.1, 0.15) is 11.8 Å². The number of esters is 1. The summed E-state index contributed by atoms with van der Waals surface area (Å²) in [5.41, 5.74) is 1.46. The average molecular weight is 275 g/mol. The van der Waals surface area contributed by atoms with Crippen LogP contribution < -0.4 is 4.90 Å². The van der Waals surface area contributed by atoms with E-state index < -0.39 is 0 Å². The number of H-pyrrole nitrogens is 1. The second kappa shape index (κ2) is 5.44. The van der Waals surface area contributed by atoms with Gasteiger partial charge in [-0.1, -0.05) is 0 Å². The molecule has 0 bridgehead atoms. The molecule has 1 atom stereocenters. The maximum absolute atomic E-state index is 11.9. The van der Waals surface area contributed by atoms with Crippen molar-refractivity contribution < 1.29 is 9.53 Å². The molecule has 7 nitrogen and oxygen atoms in total. The maximum Gasteiger partial charge on any atom is 0.310 e. The van der Waals surface area contributed by atoms with Gasteiger partial charge in [-0.2, -0.15) is 0 Å². The van der Waals surface area contributed by atoms with Crippen molar-refractivity contribution in [2.45, 2.75) is 19.8 Å². The summed E-state index contributed by atoms with van der Waals surface area (Å²) in [6, 6.07) is 0.